The van der Waals surface area contributed by atoms with Gasteiger partial charge in [0.25, 0.3) is 5.91 Å². The number of halogens is 1. The van der Waals surface area contributed by atoms with E-state index in [0.29, 0.717) is 33.7 Å². The molecule has 0 spiro atoms. The summed E-state index contributed by atoms with van der Waals surface area (Å²) in [5, 5.41) is 7.24. The maximum atomic E-state index is 12.2. The van der Waals surface area contributed by atoms with E-state index in [1.807, 2.05) is 0 Å². The highest BCUT2D eigenvalue weighted by atomic mass is 35.5. The van der Waals surface area contributed by atoms with Crippen molar-refractivity contribution in [3.8, 4) is 28.6 Å². The third kappa shape index (κ3) is 5.17. The van der Waals surface area contributed by atoms with Crippen LogP contribution in [-0.4, -0.2) is 36.4 Å². The van der Waals surface area contributed by atoms with Crippen LogP contribution in [0.3, 0.4) is 0 Å². The Bertz CT molecular complexity index is 975. The first kappa shape index (κ1) is 20.5. The number of amides is 1. The number of carbonyl (C=O) groups excluding carboxylic acids is 1. The minimum atomic E-state index is -0.708. The fraction of sp³-hybridized carbons (Fsp3) is 0.250. The van der Waals surface area contributed by atoms with E-state index in [4.69, 9.17) is 30.3 Å². The number of hydrogen-bond acceptors (Lipinski definition) is 7. The summed E-state index contributed by atoms with van der Waals surface area (Å²) in [6.45, 7) is 1.71. The highest BCUT2D eigenvalue weighted by Gasteiger charge is 2.18. The van der Waals surface area contributed by atoms with E-state index < -0.39 is 6.10 Å². The van der Waals surface area contributed by atoms with Gasteiger partial charge in [0.2, 0.25) is 11.7 Å². The topological polar surface area (TPSA) is 95.7 Å². The molecule has 0 aliphatic heterocycles. The minimum absolute atomic E-state index is 0.0681. The lowest BCUT2D eigenvalue weighted by Crippen LogP contribution is -2.35. The smallest absolute Gasteiger partial charge is 0.261 e. The maximum Gasteiger partial charge on any atom is 0.261 e. The molecule has 3 rings (SSSR count). The van der Waals surface area contributed by atoms with Crippen LogP contribution >= 0.6 is 11.6 Å². The van der Waals surface area contributed by atoms with Crippen molar-refractivity contribution in [1.82, 2.24) is 15.5 Å². The predicted octanol–water partition coefficient (Wildman–Crippen LogP) is 3.49. The van der Waals surface area contributed by atoms with Crippen LogP contribution in [0.25, 0.3) is 11.4 Å². The second-order valence-electron chi connectivity index (χ2n) is 6.01. The average molecular weight is 418 g/mol. The molecule has 1 heterocycles. The summed E-state index contributed by atoms with van der Waals surface area (Å²) in [5.74, 6) is 2.02. The molecule has 8 nitrogen and oxygen atoms in total. The van der Waals surface area contributed by atoms with Crippen molar-refractivity contribution >= 4 is 17.5 Å². The van der Waals surface area contributed by atoms with Crippen LogP contribution in [0, 0.1) is 0 Å². The lowest BCUT2D eigenvalue weighted by molar-refractivity contribution is -0.127. The molecule has 1 N–H and O–H groups in total. The van der Waals surface area contributed by atoms with Gasteiger partial charge in [-0.1, -0.05) is 16.8 Å². The highest BCUT2D eigenvalue weighted by Crippen LogP contribution is 2.31. The van der Waals surface area contributed by atoms with Gasteiger partial charge < -0.3 is 24.1 Å². The molecule has 0 saturated carbocycles. The molecule has 1 atom stereocenters. The van der Waals surface area contributed by atoms with Gasteiger partial charge in [0.05, 0.1) is 26.3 Å². The van der Waals surface area contributed by atoms with Crippen LogP contribution in [0.4, 0.5) is 0 Å². The predicted molar refractivity (Wildman–Crippen MR) is 106 cm³/mol. The van der Waals surface area contributed by atoms with Crippen LogP contribution in [0.5, 0.6) is 17.2 Å². The third-order valence-corrected chi connectivity index (χ3v) is 4.28. The Hall–Kier alpha value is -3.26. The SMILES string of the molecule is COc1ccc(-c2noc(CNC(=O)C(C)Oc3ccc(Cl)cc3)n2)c(OC)c1. The Kier molecular flexibility index (Phi) is 6.56. The van der Waals surface area contributed by atoms with E-state index in [9.17, 15) is 4.79 Å². The Labute approximate surface area is 172 Å². The minimum Gasteiger partial charge on any atom is -0.497 e. The van der Waals surface area contributed by atoms with E-state index in [1.165, 1.54) is 0 Å². The van der Waals surface area contributed by atoms with Gasteiger partial charge in [0.1, 0.15) is 17.2 Å². The third-order valence-electron chi connectivity index (χ3n) is 4.03. The molecule has 0 bridgehead atoms. The molecule has 9 heteroatoms. The summed E-state index contributed by atoms with van der Waals surface area (Å²) in [7, 11) is 3.11. The number of carbonyl (C=O) groups is 1. The molecule has 0 radical (unpaired) electrons. The number of benzene rings is 2. The summed E-state index contributed by atoms with van der Waals surface area (Å²) in [5.41, 5.74) is 0.647. The Morgan fingerprint density at radius 1 is 1.14 bits per heavy atom. The molecule has 0 aliphatic rings. The van der Waals surface area contributed by atoms with Crippen LogP contribution in [0.15, 0.2) is 47.0 Å². The molecule has 1 amide bonds. The molecule has 2 aromatic carbocycles. The summed E-state index contributed by atoms with van der Waals surface area (Å²) in [4.78, 5) is 16.6. The maximum absolute atomic E-state index is 12.2. The fourth-order valence-corrected chi connectivity index (χ4v) is 2.62. The van der Waals surface area contributed by atoms with Crippen molar-refractivity contribution in [2.75, 3.05) is 14.2 Å². The van der Waals surface area contributed by atoms with Crippen LogP contribution < -0.4 is 19.5 Å². The van der Waals surface area contributed by atoms with Gasteiger partial charge in [0, 0.05) is 11.1 Å². The van der Waals surface area contributed by atoms with Gasteiger partial charge in [-0.15, -0.1) is 0 Å². The Morgan fingerprint density at radius 2 is 1.86 bits per heavy atom. The molecule has 1 aromatic heterocycles. The van der Waals surface area contributed by atoms with Crippen molar-refractivity contribution < 1.29 is 23.5 Å². The van der Waals surface area contributed by atoms with Crippen molar-refractivity contribution in [1.29, 1.82) is 0 Å². The number of nitrogens with one attached hydrogen (secondary N) is 1. The molecule has 1 unspecified atom stereocenters. The number of methoxy groups -OCH3 is 2. The lowest BCUT2D eigenvalue weighted by atomic mass is 10.2. The molecule has 29 heavy (non-hydrogen) atoms. The molecule has 0 fully saturated rings. The number of aromatic nitrogens is 2. The van der Waals surface area contributed by atoms with Gasteiger partial charge in [0.15, 0.2) is 6.10 Å². The quantitative estimate of drug-likeness (QED) is 0.599. The first-order chi connectivity index (χ1) is 14.0. The summed E-state index contributed by atoms with van der Waals surface area (Å²) in [6.07, 6.45) is -0.708. The molecular formula is C20H20ClN3O5. The summed E-state index contributed by atoms with van der Waals surface area (Å²) in [6, 6.07) is 12.0. The molecule has 0 saturated heterocycles. The largest absolute Gasteiger partial charge is 0.497 e. The van der Waals surface area contributed by atoms with E-state index in [2.05, 4.69) is 15.5 Å². The van der Waals surface area contributed by atoms with E-state index >= 15 is 0 Å². The van der Waals surface area contributed by atoms with Gasteiger partial charge in [-0.2, -0.15) is 4.98 Å². The van der Waals surface area contributed by atoms with E-state index in [-0.39, 0.29) is 18.3 Å². The number of rotatable bonds is 8. The van der Waals surface area contributed by atoms with Crippen LogP contribution in [0.1, 0.15) is 12.8 Å². The molecule has 0 aliphatic carbocycles. The first-order valence-electron chi connectivity index (χ1n) is 8.75. The van der Waals surface area contributed by atoms with E-state index in [1.54, 1.807) is 63.6 Å². The van der Waals surface area contributed by atoms with Gasteiger partial charge in [-0.3, -0.25) is 4.79 Å². The van der Waals surface area contributed by atoms with E-state index in [0.717, 1.165) is 0 Å². The van der Waals surface area contributed by atoms with Crippen LogP contribution in [-0.2, 0) is 11.3 Å². The zero-order valence-corrected chi connectivity index (χ0v) is 16.9. The van der Waals surface area contributed by atoms with Crippen molar-refractivity contribution in [2.24, 2.45) is 0 Å². The Balaban J connectivity index is 1.60. The number of nitrogens with zero attached hydrogens (tertiary/aromatic N) is 2. The van der Waals surface area contributed by atoms with Crippen LogP contribution in [0.2, 0.25) is 5.02 Å². The van der Waals surface area contributed by atoms with Gasteiger partial charge >= 0.3 is 0 Å². The molecule has 152 valence electrons. The highest BCUT2D eigenvalue weighted by molar-refractivity contribution is 6.30. The molecule has 3 aromatic rings. The second kappa shape index (κ2) is 9.29. The monoisotopic (exact) mass is 417 g/mol. The normalized spacial score (nSPS) is 11.6. The van der Waals surface area contributed by atoms with Gasteiger partial charge in [-0.25, -0.2) is 0 Å². The first-order valence-corrected chi connectivity index (χ1v) is 9.13. The number of ether oxygens (including phenoxy) is 3. The lowest BCUT2D eigenvalue weighted by Gasteiger charge is -2.13. The van der Waals surface area contributed by atoms with Crippen molar-refractivity contribution in [2.45, 2.75) is 19.6 Å². The second-order valence-corrected chi connectivity index (χ2v) is 6.45. The fourth-order valence-electron chi connectivity index (χ4n) is 2.50. The van der Waals surface area contributed by atoms with Gasteiger partial charge in [-0.05, 0) is 43.3 Å². The summed E-state index contributed by atoms with van der Waals surface area (Å²) >= 11 is 5.84. The number of hydrogen-bond donors (Lipinski definition) is 1. The summed E-state index contributed by atoms with van der Waals surface area (Å²) < 4.78 is 21.3. The standard InChI is InChI=1S/C20H20ClN3O5/c1-12(28-14-6-4-13(21)5-7-14)20(25)22-11-18-23-19(24-29-18)16-9-8-15(26-2)10-17(16)27-3/h4-10,12H,11H2,1-3H3,(H,22,25). The van der Waals surface area contributed by atoms with Crippen molar-refractivity contribution in [3.05, 3.63) is 53.4 Å². The molecular weight excluding hydrogens is 398 g/mol. The zero-order chi connectivity index (χ0) is 20.8. The average Bonchev–Trinajstić information content (AvgIpc) is 3.21. The zero-order valence-electron chi connectivity index (χ0n) is 16.1. The Morgan fingerprint density at radius 3 is 2.55 bits per heavy atom. The van der Waals surface area contributed by atoms with Crippen molar-refractivity contribution in [3.63, 3.8) is 0 Å².